The summed E-state index contributed by atoms with van der Waals surface area (Å²) in [5.74, 6) is -1.02. The van der Waals surface area contributed by atoms with Crippen molar-refractivity contribution >= 4 is 23.2 Å². The molecule has 0 saturated carbocycles. The Hall–Kier alpha value is -3.43. The molecule has 1 atom stereocenters. The third-order valence-corrected chi connectivity index (χ3v) is 4.11. The number of amides is 1. The molecular weight excluding hydrogens is 386 g/mol. The molecule has 0 saturated heterocycles. The Kier molecular flexibility index (Phi) is 5.57. The molecule has 10 heteroatoms. The predicted molar refractivity (Wildman–Crippen MR) is 102 cm³/mol. The third kappa shape index (κ3) is 4.11. The van der Waals surface area contributed by atoms with E-state index in [0.717, 1.165) is 4.68 Å². The van der Waals surface area contributed by atoms with Crippen LogP contribution < -0.4 is 11.3 Å². The summed E-state index contributed by atoms with van der Waals surface area (Å²) in [4.78, 5) is 24.4. The first-order valence-electron chi connectivity index (χ1n) is 8.13. The molecule has 2 aromatic carbocycles. The second-order valence-corrected chi connectivity index (χ2v) is 6.28. The van der Waals surface area contributed by atoms with Gasteiger partial charge in [-0.05, 0) is 30.3 Å². The number of phenols is 1. The van der Waals surface area contributed by atoms with Gasteiger partial charge in [-0.25, -0.2) is 4.68 Å². The molecule has 1 unspecified atom stereocenters. The van der Waals surface area contributed by atoms with Crippen LogP contribution in [0.3, 0.4) is 0 Å². The van der Waals surface area contributed by atoms with Crippen molar-refractivity contribution in [1.82, 2.24) is 9.78 Å². The zero-order chi connectivity index (χ0) is 20.3. The van der Waals surface area contributed by atoms with Crippen molar-refractivity contribution < 1.29 is 15.0 Å². The summed E-state index contributed by atoms with van der Waals surface area (Å²) in [6.45, 7) is 0. The van der Waals surface area contributed by atoms with E-state index in [0.29, 0.717) is 10.7 Å². The Morgan fingerprint density at radius 3 is 2.64 bits per heavy atom. The highest BCUT2D eigenvalue weighted by atomic mass is 35.5. The van der Waals surface area contributed by atoms with Gasteiger partial charge >= 0.3 is 0 Å². The van der Waals surface area contributed by atoms with Gasteiger partial charge in [-0.1, -0.05) is 29.8 Å². The van der Waals surface area contributed by atoms with E-state index >= 15 is 0 Å². The standard InChI is InChI=1S/C18H16ClN5O4/c19-10-6-7-14(25)13(8-10)21-22-15(26)9-12-16(17(20)27)23-24(18(12)28)11-4-2-1-3-5-11/h1-8,15,23,25-26H,9H2,(H2,20,27). The number of nitrogens with two attached hydrogens (primary N) is 1. The summed E-state index contributed by atoms with van der Waals surface area (Å²) in [6, 6.07) is 12.7. The summed E-state index contributed by atoms with van der Waals surface area (Å²) in [7, 11) is 0. The van der Waals surface area contributed by atoms with E-state index in [-0.39, 0.29) is 29.1 Å². The molecule has 1 heterocycles. The Labute approximate surface area is 163 Å². The molecule has 0 bridgehead atoms. The first-order valence-corrected chi connectivity index (χ1v) is 8.51. The lowest BCUT2D eigenvalue weighted by Gasteiger charge is -2.03. The van der Waals surface area contributed by atoms with E-state index < -0.39 is 17.7 Å². The van der Waals surface area contributed by atoms with Gasteiger partial charge in [0.2, 0.25) is 0 Å². The molecule has 0 aliphatic heterocycles. The average molecular weight is 402 g/mol. The van der Waals surface area contributed by atoms with E-state index in [9.17, 15) is 19.8 Å². The minimum atomic E-state index is -1.45. The molecule has 0 fully saturated rings. The van der Waals surface area contributed by atoms with E-state index in [1.165, 1.54) is 18.2 Å². The molecule has 3 rings (SSSR count). The van der Waals surface area contributed by atoms with Crippen LogP contribution in [0.25, 0.3) is 5.69 Å². The predicted octanol–water partition coefficient (Wildman–Crippen LogP) is 2.27. The second-order valence-electron chi connectivity index (χ2n) is 5.84. The van der Waals surface area contributed by atoms with Gasteiger partial charge in [-0.3, -0.25) is 14.7 Å². The summed E-state index contributed by atoms with van der Waals surface area (Å²) in [5.41, 5.74) is 5.20. The minimum absolute atomic E-state index is 0.0295. The lowest BCUT2D eigenvalue weighted by Crippen LogP contribution is -2.21. The number of hydrogen-bond donors (Lipinski definition) is 4. The monoisotopic (exact) mass is 401 g/mol. The molecular formula is C18H16ClN5O4. The number of halogens is 1. The van der Waals surface area contributed by atoms with Gasteiger partial charge in [0.15, 0.2) is 6.23 Å². The number of aliphatic hydroxyl groups is 1. The molecule has 5 N–H and O–H groups in total. The Balaban J connectivity index is 1.90. The minimum Gasteiger partial charge on any atom is -0.506 e. The van der Waals surface area contributed by atoms with Gasteiger partial charge in [0.1, 0.15) is 17.1 Å². The topological polar surface area (TPSA) is 146 Å². The number of nitrogens with one attached hydrogen (secondary N) is 1. The first-order chi connectivity index (χ1) is 13.4. The van der Waals surface area contributed by atoms with Crippen LogP contribution in [0.4, 0.5) is 5.69 Å². The normalized spacial score (nSPS) is 12.4. The number of carbonyl (C=O) groups is 1. The van der Waals surface area contributed by atoms with Crippen molar-refractivity contribution in [3.63, 3.8) is 0 Å². The van der Waals surface area contributed by atoms with Gasteiger partial charge in [0, 0.05) is 11.4 Å². The summed E-state index contributed by atoms with van der Waals surface area (Å²) in [5, 5.41) is 30.2. The molecule has 0 spiro atoms. The van der Waals surface area contributed by atoms with Crippen molar-refractivity contribution in [1.29, 1.82) is 0 Å². The Bertz CT molecular complexity index is 1090. The molecule has 0 aliphatic carbocycles. The number of phenolic OH excluding ortho intramolecular Hbond substituents is 1. The molecule has 0 aliphatic rings. The number of benzene rings is 2. The first kappa shape index (κ1) is 19.3. The fourth-order valence-corrected chi connectivity index (χ4v) is 2.72. The van der Waals surface area contributed by atoms with Crippen LogP contribution in [-0.2, 0) is 6.42 Å². The van der Waals surface area contributed by atoms with E-state index in [2.05, 4.69) is 15.3 Å². The van der Waals surface area contributed by atoms with Gasteiger partial charge in [-0.15, -0.1) is 5.11 Å². The fraction of sp³-hybridized carbons (Fsp3) is 0.111. The number of rotatable bonds is 6. The van der Waals surface area contributed by atoms with Crippen molar-refractivity contribution in [3.8, 4) is 11.4 Å². The molecule has 3 aromatic rings. The quantitative estimate of drug-likeness (QED) is 0.469. The van der Waals surface area contributed by atoms with Crippen molar-refractivity contribution in [3.05, 3.63) is 75.2 Å². The maximum Gasteiger partial charge on any atom is 0.275 e. The van der Waals surface area contributed by atoms with Gasteiger partial charge in [0.25, 0.3) is 11.5 Å². The van der Waals surface area contributed by atoms with Crippen molar-refractivity contribution in [2.45, 2.75) is 12.6 Å². The van der Waals surface area contributed by atoms with Gasteiger partial charge < -0.3 is 15.9 Å². The maximum absolute atomic E-state index is 12.7. The van der Waals surface area contributed by atoms with Crippen molar-refractivity contribution in [2.24, 2.45) is 16.0 Å². The number of primary amides is 1. The molecule has 1 amide bonds. The van der Waals surface area contributed by atoms with Crippen LogP contribution >= 0.6 is 11.6 Å². The number of H-pyrrole nitrogens is 1. The largest absolute Gasteiger partial charge is 0.506 e. The maximum atomic E-state index is 12.7. The Morgan fingerprint density at radius 2 is 1.96 bits per heavy atom. The molecule has 144 valence electrons. The highest BCUT2D eigenvalue weighted by Crippen LogP contribution is 2.29. The van der Waals surface area contributed by atoms with Crippen LogP contribution in [0.1, 0.15) is 16.1 Å². The van der Waals surface area contributed by atoms with Crippen LogP contribution in [0.2, 0.25) is 5.02 Å². The second kappa shape index (κ2) is 8.07. The number of aromatic nitrogens is 2. The SMILES string of the molecule is NC(=O)c1[nH]n(-c2ccccc2)c(=O)c1CC(O)N=Nc1cc(Cl)ccc1O. The summed E-state index contributed by atoms with van der Waals surface area (Å²) < 4.78 is 1.15. The van der Waals surface area contributed by atoms with Crippen LogP contribution in [0.15, 0.2) is 63.6 Å². The molecule has 28 heavy (non-hydrogen) atoms. The summed E-state index contributed by atoms with van der Waals surface area (Å²) in [6.07, 6.45) is -1.76. The van der Waals surface area contributed by atoms with Crippen LogP contribution in [-0.4, -0.2) is 32.1 Å². The molecule has 9 nitrogen and oxygen atoms in total. The van der Waals surface area contributed by atoms with Gasteiger partial charge in [0.05, 0.1) is 11.3 Å². The molecule has 0 radical (unpaired) electrons. The van der Waals surface area contributed by atoms with Crippen LogP contribution in [0, 0.1) is 0 Å². The zero-order valence-corrected chi connectivity index (χ0v) is 15.2. The number of nitrogens with zero attached hydrogens (tertiary/aromatic N) is 3. The highest BCUT2D eigenvalue weighted by molar-refractivity contribution is 6.30. The lowest BCUT2D eigenvalue weighted by atomic mass is 10.1. The third-order valence-electron chi connectivity index (χ3n) is 3.87. The number of aromatic amines is 1. The number of hydrogen-bond acceptors (Lipinski definition) is 6. The van der Waals surface area contributed by atoms with Gasteiger partial charge in [-0.2, -0.15) is 5.11 Å². The number of para-hydroxylation sites is 1. The van der Waals surface area contributed by atoms with Crippen LogP contribution in [0.5, 0.6) is 5.75 Å². The number of aliphatic hydroxyl groups excluding tert-OH is 1. The number of azo groups is 1. The van der Waals surface area contributed by atoms with Crippen molar-refractivity contribution in [2.75, 3.05) is 0 Å². The molecule has 1 aromatic heterocycles. The average Bonchev–Trinajstić information content (AvgIpc) is 3.00. The number of carbonyl (C=O) groups excluding carboxylic acids is 1. The lowest BCUT2D eigenvalue weighted by molar-refractivity contribution is 0.0993. The fourth-order valence-electron chi connectivity index (χ4n) is 2.55. The highest BCUT2D eigenvalue weighted by Gasteiger charge is 2.21. The smallest absolute Gasteiger partial charge is 0.275 e. The summed E-state index contributed by atoms with van der Waals surface area (Å²) >= 11 is 5.82. The van der Waals surface area contributed by atoms with E-state index in [1.54, 1.807) is 30.3 Å². The number of aromatic hydroxyl groups is 1. The van der Waals surface area contributed by atoms with E-state index in [1.807, 2.05) is 0 Å². The zero-order valence-electron chi connectivity index (χ0n) is 14.4. The van der Waals surface area contributed by atoms with E-state index in [4.69, 9.17) is 17.3 Å². The Morgan fingerprint density at radius 1 is 1.25 bits per heavy atom.